The van der Waals surface area contributed by atoms with E-state index in [1.54, 1.807) is 12.1 Å². The van der Waals surface area contributed by atoms with Crippen molar-refractivity contribution in [1.29, 1.82) is 0 Å². The molecule has 8 heteroatoms. The van der Waals surface area contributed by atoms with Crippen LogP contribution < -0.4 is 4.74 Å². The van der Waals surface area contributed by atoms with E-state index in [1.165, 1.54) is 7.11 Å². The lowest BCUT2D eigenvalue weighted by Crippen LogP contribution is -2.31. The molecule has 1 heterocycles. The van der Waals surface area contributed by atoms with E-state index in [1.807, 2.05) is 6.92 Å². The second-order valence-corrected chi connectivity index (χ2v) is 8.79. The van der Waals surface area contributed by atoms with Crippen molar-refractivity contribution >= 4 is 33.1 Å². The lowest BCUT2D eigenvalue weighted by Gasteiger charge is -2.34. The first-order valence-corrected chi connectivity index (χ1v) is 10.5. The first-order chi connectivity index (χ1) is 12.2. The molecule has 0 aromatic heterocycles. The maximum atomic E-state index is 13.0. The summed E-state index contributed by atoms with van der Waals surface area (Å²) >= 11 is 6.43. The molecule has 1 aromatic carbocycles. The van der Waals surface area contributed by atoms with Gasteiger partial charge in [-0.3, -0.25) is 4.79 Å². The smallest absolute Gasteiger partial charge is 0.305 e. The predicted molar refractivity (Wildman–Crippen MR) is 97.7 cm³/mol. The van der Waals surface area contributed by atoms with Crippen molar-refractivity contribution in [2.24, 2.45) is 5.41 Å². The zero-order valence-corrected chi connectivity index (χ0v) is 16.5. The fraction of sp³-hybridized carbons (Fsp3) is 0.500. The van der Waals surface area contributed by atoms with Gasteiger partial charge in [0, 0.05) is 30.6 Å². The highest BCUT2D eigenvalue weighted by Crippen LogP contribution is 2.53. The Balaban J connectivity index is 2.28. The van der Waals surface area contributed by atoms with Crippen molar-refractivity contribution in [2.75, 3.05) is 26.6 Å². The minimum Gasteiger partial charge on any atom is -0.496 e. The molecule has 26 heavy (non-hydrogen) atoms. The van der Waals surface area contributed by atoms with Gasteiger partial charge in [-0.15, -0.1) is 0 Å². The average Bonchev–Trinajstić information content (AvgIpc) is 2.77. The summed E-state index contributed by atoms with van der Waals surface area (Å²) in [6.45, 7) is 2.74. The van der Waals surface area contributed by atoms with Crippen LogP contribution in [-0.2, 0) is 23.8 Å². The van der Waals surface area contributed by atoms with E-state index in [9.17, 15) is 13.2 Å². The van der Waals surface area contributed by atoms with Crippen LogP contribution in [-0.4, -0.2) is 40.8 Å². The molecule has 0 saturated carbocycles. The highest BCUT2D eigenvalue weighted by molar-refractivity contribution is 7.86. The van der Waals surface area contributed by atoms with Gasteiger partial charge < -0.3 is 13.7 Å². The van der Waals surface area contributed by atoms with E-state index in [0.717, 1.165) is 11.8 Å². The summed E-state index contributed by atoms with van der Waals surface area (Å²) in [5, 5.41) is 0.323. The molecule has 142 valence electrons. The summed E-state index contributed by atoms with van der Waals surface area (Å²) in [6.07, 6.45) is 2.17. The summed E-state index contributed by atoms with van der Waals surface area (Å²) < 4.78 is 40.1. The van der Waals surface area contributed by atoms with Gasteiger partial charge in [0.05, 0.1) is 24.0 Å². The van der Waals surface area contributed by atoms with Gasteiger partial charge >= 0.3 is 10.1 Å². The first-order valence-electron chi connectivity index (χ1n) is 8.26. The van der Waals surface area contributed by atoms with Crippen LogP contribution in [0.15, 0.2) is 17.9 Å². The Morgan fingerprint density at radius 3 is 2.46 bits per heavy atom. The number of carbonyl (C=O) groups excluding carboxylic acids is 1. The van der Waals surface area contributed by atoms with Gasteiger partial charge in [-0.25, -0.2) is 0 Å². The molecule has 1 aromatic rings. The number of ketones is 1. The van der Waals surface area contributed by atoms with Crippen molar-refractivity contribution in [1.82, 2.24) is 0 Å². The summed E-state index contributed by atoms with van der Waals surface area (Å²) in [7, 11) is -2.34. The topological polar surface area (TPSA) is 78.9 Å². The molecular weight excluding hydrogens is 380 g/mol. The van der Waals surface area contributed by atoms with Crippen LogP contribution in [0.2, 0.25) is 5.02 Å². The van der Waals surface area contributed by atoms with Crippen LogP contribution >= 0.6 is 11.6 Å². The van der Waals surface area contributed by atoms with Crippen LogP contribution in [0.3, 0.4) is 0 Å². The van der Waals surface area contributed by atoms with E-state index < -0.39 is 15.5 Å². The molecule has 0 amide bonds. The van der Waals surface area contributed by atoms with Gasteiger partial charge in [0.15, 0.2) is 5.78 Å². The number of hydrogen-bond donors (Lipinski definition) is 0. The Kier molecular flexibility index (Phi) is 5.07. The lowest BCUT2D eigenvalue weighted by molar-refractivity contribution is -0.115. The quantitative estimate of drug-likeness (QED) is 0.722. The Morgan fingerprint density at radius 1 is 1.23 bits per heavy atom. The molecule has 2 aliphatic rings. The number of halogens is 1. The van der Waals surface area contributed by atoms with Crippen molar-refractivity contribution in [3.05, 3.63) is 34.0 Å². The number of rotatable bonds is 4. The molecule has 1 saturated heterocycles. The number of carbonyl (C=O) groups is 1. The van der Waals surface area contributed by atoms with E-state index in [4.69, 9.17) is 25.3 Å². The predicted octanol–water partition coefficient (Wildman–Crippen LogP) is 3.11. The number of Topliss-reactive ketones (excluding diaryl/α,β-unsaturated/α-hetero) is 1. The van der Waals surface area contributed by atoms with E-state index in [0.29, 0.717) is 42.4 Å². The normalized spacial score (nSPS) is 19.9. The van der Waals surface area contributed by atoms with Crippen molar-refractivity contribution in [2.45, 2.75) is 26.2 Å². The Hall–Kier alpha value is -1.57. The van der Waals surface area contributed by atoms with Gasteiger partial charge in [0.2, 0.25) is 0 Å². The Morgan fingerprint density at radius 2 is 1.88 bits per heavy atom. The molecule has 1 fully saturated rings. The fourth-order valence-electron chi connectivity index (χ4n) is 3.68. The summed E-state index contributed by atoms with van der Waals surface area (Å²) in [5.74, 6) is 0.379. The van der Waals surface area contributed by atoms with Gasteiger partial charge in [-0.05, 0) is 37.5 Å². The number of methoxy groups -OCH3 is 1. The third-order valence-electron chi connectivity index (χ3n) is 4.84. The van der Waals surface area contributed by atoms with Gasteiger partial charge in [0.25, 0.3) is 0 Å². The zero-order valence-electron chi connectivity index (χ0n) is 14.9. The van der Waals surface area contributed by atoms with Gasteiger partial charge in [-0.2, -0.15) is 8.42 Å². The third kappa shape index (κ3) is 3.48. The molecule has 0 N–H and O–H groups in total. The standard InChI is InChI=1S/C18H21ClO6S/c1-11-8-12(19)15(14(9-11)23-2)16-13(20)10-18(4-6-24-7-5-18)17(16)25-26(3,21)22/h8-9H,4-7,10H2,1-3H3. The molecule has 0 atom stereocenters. The maximum Gasteiger partial charge on any atom is 0.305 e. The highest BCUT2D eigenvalue weighted by atomic mass is 35.5. The molecular formula is C18H21ClO6S. The molecule has 1 spiro atoms. The first kappa shape index (κ1) is 19.2. The average molecular weight is 401 g/mol. The molecule has 3 rings (SSSR count). The minimum absolute atomic E-state index is 0.164. The van der Waals surface area contributed by atoms with E-state index in [-0.39, 0.29) is 23.5 Å². The molecule has 0 unspecified atom stereocenters. The lowest BCUT2D eigenvalue weighted by atomic mass is 9.78. The van der Waals surface area contributed by atoms with Crippen LogP contribution in [0.1, 0.15) is 30.4 Å². The number of allylic oxidation sites excluding steroid dienone is 2. The second-order valence-electron chi connectivity index (χ2n) is 6.81. The summed E-state index contributed by atoms with van der Waals surface area (Å²) in [5.41, 5.74) is 0.756. The maximum absolute atomic E-state index is 13.0. The third-order valence-corrected chi connectivity index (χ3v) is 5.61. The Bertz CT molecular complexity index is 881. The zero-order chi connectivity index (χ0) is 19.1. The largest absolute Gasteiger partial charge is 0.496 e. The molecule has 0 radical (unpaired) electrons. The number of benzene rings is 1. The SMILES string of the molecule is COc1cc(C)cc(Cl)c1C1=C(OS(C)(=O)=O)C2(CCOCC2)CC1=O. The van der Waals surface area contributed by atoms with Crippen LogP contribution in [0.25, 0.3) is 5.57 Å². The fourth-order valence-corrected chi connectivity index (χ4v) is 4.60. The molecule has 1 aliphatic carbocycles. The minimum atomic E-state index is -3.82. The Labute approximate surface area is 158 Å². The monoisotopic (exact) mass is 400 g/mol. The van der Waals surface area contributed by atoms with Crippen molar-refractivity contribution in [3.63, 3.8) is 0 Å². The number of aryl methyl sites for hydroxylation is 1. The highest BCUT2D eigenvalue weighted by Gasteiger charge is 2.50. The summed E-state index contributed by atoms with van der Waals surface area (Å²) in [4.78, 5) is 13.0. The van der Waals surface area contributed by atoms with E-state index in [2.05, 4.69) is 0 Å². The number of ether oxygens (including phenoxy) is 2. The van der Waals surface area contributed by atoms with Crippen molar-refractivity contribution < 1.29 is 26.9 Å². The molecule has 1 aliphatic heterocycles. The molecule has 6 nitrogen and oxygen atoms in total. The number of hydrogen-bond acceptors (Lipinski definition) is 6. The van der Waals surface area contributed by atoms with Crippen LogP contribution in [0.4, 0.5) is 0 Å². The van der Waals surface area contributed by atoms with Crippen LogP contribution in [0, 0.1) is 12.3 Å². The second kappa shape index (κ2) is 6.87. The van der Waals surface area contributed by atoms with Gasteiger partial charge in [0.1, 0.15) is 11.5 Å². The van der Waals surface area contributed by atoms with Crippen molar-refractivity contribution in [3.8, 4) is 5.75 Å². The molecule has 0 bridgehead atoms. The summed E-state index contributed by atoms with van der Waals surface area (Å²) in [6, 6.07) is 3.47. The van der Waals surface area contributed by atoms with Gasteiger partial charge in [-0.1, -0.05) is 11.6 Å². The van der Waals surface area contributed by atoms with Crippen LogP contribution in [0.5, 0.6) is 5.75 Å². The van der Waals surface area contributed by atoms with E-state index >= 15 is 0 Å².